The maximum absolute atomic E-state index is 12.1. The van der Waals surface area contributed by atoms with Crippen LogP contribution in [0, 0.1) is 0 Å². The van der Waals surface area contributed by atoms with E-state index in [1.54, 1.807) is 0 Å². The molecule has 3 rings (SSSR count). The Morgan fingerprint density at radius 1 is 0.955 bits per heavy atom. The van der Waals surface area contributed by atoms with E-state index in [2.05, 4.69) is 24.3 Å². The molecule has 0 aromatic heterocycles. The maximum Gasteiger partial charge on any atom is 0.229 e. The van der Waals surface area contributed by atoms with E-state index in [0.717, 1.165) is 17.5 Å². The number of hydrogen-bond donors (Lipinski definition) is 0. The summed E-state index contributed by atoms with van der Waals surface area (Å²) >= 11 is 0. The lowest BCUT2D eigenvalue weighted by molar-refractivity contribution is -0.146. The average molecular weight is 293 g/mol. The van der Waals surface area contributed by atoms with Gasteiger partial charge >= 0.3 is 0 Å². The van der Waals surface area contributed by atoms with Crippen LogP contribution in [-0.4, -0.2) is 23.3 Å². The standard InChI is InChI=1S/C19H19NO2/c1-15(21)20-14-19(13-12-18(20)22,16-8-4-2-5-9-16)17-10-6-3-7-11-17/h2-11H,12-14H2,1H3. The molecule has 0 unspecified atom stereocenters. The van der Waals surface area contributed by atoms with Gasteiger partial charge in [0.1, 0.15) is 0 Å². The third kappa shape index (κ3) is 2.43. The first-order chi connectivity index (χ1) is 10.6. The van der Waals surface area contributed by atoms with Crippen molar-refractivity contribution in [3.05, 3.63) is 71.8 Å². The van der Waals surface area contributed by atoms with Crippen molar-refractivity contribution in [3.8, 4) is 0 Å². The molecule has 0 N–H and O–H groups in total. The molecule has 3 heteroatoms. The van der Waals surface area contributed by atoms with Gasteiger partial charge in [0, 0.05) is 25.3 Å². The summed E-state index contributed by atoms with van der Waals surface area (Å²) in [5.41, 5.74) is 1.99. The third-order valence-electron chi connectivity index (χ3n) is 4.53. The summed E-state index contributed by atoms with van der Waals surface area (Å²) in [6.07, 6.45) is 1.12. The molecule has 1 heterocycles. The highest BCUT2D eigenvalue weighted by Crippen LogP contribution is 2.40. The predicted molar refractivity (Wildman–Crippen MR) is 85.3 cm³/mol. The predicted octanol–water partition coefficient (Wildman–Crippen LogP) is 3.14. The minimum absolute atomic E-state index is 0.0741. The van der Waals surface area contributed by atoms with Crippen LogP contribution < -0.4 is 0 Å². The Morgan fingerprint density at radius 3 is 1.91 bits per heavy atom. The summed E-state index contributed by atoms with van der Waals surface area (Å²) in [5, 5.41) is 0. The first kappa shape index (κ1) is 14.5. The van der Waals surface area contributed by atoms with Crippen LogP contribution in [0.15, 0.2) is 60.7 Å². The van der Waals surface area contributed by atoms with Crippen molar-refractivity contribution in [3.63, 3.8) is 0 Å². The highest BCUT2D eigenvalue weighted by molar-refractivity contribution is 5.95. The van der Waals surface area contributed by atoms with Crippen LogP contribution in [0.2, 0.25) is 0 Å². The first-order valence-electron chi connectivity index (χ1n) is 7.55. The maximum atomic E-state index is 12.1. The third-order valence-corrected chi connectivity index (χ3v) is 4.53. The quantitative estimate of drug-likeness (QED) is 0.853. The summed E-state index contributed by atoms with van der Waals surface area (Å²) in [6, 6.07) is 20.3. The lowest BCUT2D eigenvalue weighted by Crippen LogP contribution is -2.51. The van der Waals surface area contributed by atoms with Crippen molar-refractivity contribution in [2.24, 2.45) is 0 Å². The number of carbonyl (C=O) groups is 2. The molecule has 0 aliphatic carbocycles. The Balaban J connectivity index is 2.13. The van der Waals surface area contributed by atoms with Crippen molar-refractivity contribution in [1.29, 1.82) is 0 Å². The number of piperidine rings is 1. The second-order valence-corrected chi connectivity index (χ2v) is 5.81. The fourth-order valence-corrected chi connectivity index (χ4v) is 3.33. The zero-order chi connectivity index (χ0) is 15.6. The second kappa shape index (κ2) is 5.76. The molecule has 2 aromatic carbocycles. The van der Waals surface area contributed by atoms with Crippen LogP contribution in [0.5, 0.6) is 0 Å². The smallest absolute Gasteiger partial charge is 0.229 e. The van der Waals surface area contributed by atoms with Crippen LogP contribution >= 0.6 is 0 Å². The fraction of sp³-hybridized carbons (Fsp3) is 0.263. The lowest BCUT2D eigenvalue weighted by atomic mass is 9.69. The summed E-state index contributed by atoms with van der Waals surface area (Å²) in [5.74, 6) is -0.254. The van der Waals surface area contributed by atoms with E-state index >= 15 is 0 Å². The van der Waals surface area contributed by atoms with Gasteiger partial charge in [0.25, 0.3) is 0 Å². The van der Waals surface area contributed by atoms with Crippen LogP contribution in [0.1, 0.15) is 30.9 Å². The monoisotopic (exact) mass is 293 g/mol. The fourth-order valence-electron chi connectivity index (χ4n) is 3.33. The van der Waals surface area contributed by atoms with Crippen LogP contribution in [0.3, 0.4) is 0 Å². The molecular weight excluding hydrogens is 274 g/mol. The lowest BCUT2D eigenvalue weighted by Gasteiger charge is -2.42. The van der Waals surface area contributed by atoms with E-state index in [-0.39, 0.29) is 17.2 Å². The Morgan fingerprint density at radius 2 is 1.45 bits per heavy atom. The molecule has 2 aromatic rings. The number of imide groups is 1. The first-order valence-corrected chi connectivity index (χ1v) is 7.55. The van der Waals surface area contributed by atoms with E-state index in [0.29, 0.717) is 13.0 Å². The van der Waals surface area contributed by atoms with Gasteiger partial charge in [-0.05, 0) is 17.5 Å². The molecule has 1 fully saturated rings. The number of benzene rings is 2. The molecule has 0 saturated carbocycles. The molecule has 22 heavy (non-hydrogen) atoms. The number of carbonyl (C=O) groups excluding carboxylic acids is 2. The number of hydrogen-bond acceptors (Lipinski definition) is 2. The molecule has 1 saturated heterocycles. The van der Waals surface area contributed by atoms with Crippen LogP contribution in [0.4, 0.5) is 0 Å². The zero-order valence-electron chi connectivity index (χ0n) is 12.7. The van der Waals surface area contributed by atoms with E-state index in [4.69, 9.17) is 0 Å². The van der Waals surface area contributed by atoms with Crippen molar-refractivity contribution >= 4 is 11.8 Å². The number of likely N-dealkylation sites (tertiary alicyclic amines) is 1. The minimum Gasteiger partial charge on any atom is -0.282 e. The van der Waals surface area contributed by atoms with Gasteiger partial charge in [0.2, 0.25) is 11.8 Å². The molecule has 0 spiro atoms. The summed E-state index contributed by atoms with van der Waals surface area (Å²) in [6.45, 7) is 1.87. The zero-order valence-corrected chi connectivity index (χ0v) is 12.7. The Hall–Kier alpha value is -2.42. The molecular formula is C19H19NO2. The van der Waals surface area contributed by atoms with Crippen LogP contribution in [0.25, 0.3) is 0 Å². The highest BCUT2D eigenvalue weighted by Gasteiger charge is 2.42. The van der Waals surface area contributed by atoms with Gasteiger partial charge in [-0.2, -0.15) is 0 Å². The highest BCUT2D eigenvalue weighted by atomic mass is 16.2. The average Bonchev–Trinajstić information content (AvgIpc) is 2.57. The number of nitrogens with zero attached hydrogens (tertiary/aromatic N) is 1. The topological polar surface area (TPSA) is 37.4 Å². The summed E-state index contributed by atoms with van der Waals surface area (Å²) in [7, 11) is 0. The van der Waals surface area contributed by atoms with Crippen LogP contribution in [-0.2, 0) is 15.0 Å². The SMILES string of the molecule is CC(=O)N1CC(c2ccccc2)(c2ccccc2)CCC1=O. The molecule has 1 aliphatic heterocycles. The Labute approximate surface area is 130 Å². The van der Waals surface area contributed by atoms with E-state index in [9.17, 15) is 9.59 Å². The number of amides is 2. The normalized spacial score (nSPS) is 17.3. The largest absolute Gasteiger partial charge is 0.282 e. The van der Waals surface area contributed by atoms with Crippen molar-refractivity contribution in [1.82, 2.24) is 4.90 Å². The molecule has 0 atom stereocenters. The molecule has 1 aliphatic rings. The Bertz CT molecular complexity index is 640. The van der Waals surface area contributed by atoms with Crippen molar-refractivity contribution in [2.45, 2.75) is 25.2 Å². The molecule has 0 radical (unpaired) electrons. The molecule has 2 amide bonds. The molecule has 0 bridgehead atoms. The van der Waals surface area contributed by atoms with Gasteiger partial charge in [0.05, 0.1) is 0 Å². The summed E-state index contributed by atoms with van der Waals surface area (Å²) < 4.78 is 0. The van der Waals surface area contributed by atoms with E-state index in [1.165, 1.54) is 11.8 Å². The van der Waals surface area contributed by atoms with E-state index in [1.807, 2.05) is 36.4 Å². The van der Waals surface area contributed by atoms with Gasteiger partial charge in [-0.1, -0.05) is 60.7 Å². The van der Waals surface area contributed by atoms with E-state index < -0.39 is 0 Å². The van der Waals surface area contributed by atoms with Gasteiger partial charge in [0.15, 0.2) is 0 Å². The molecule has 3 nitrogen and oxygen atoms in total. The Kier molecular flexibility index (Phi) is 3.80. The van der Waals surface area contributed by atoms with Gasteiger partial charge < -0.3 is 0 Å². The van der Waals surface area contributed by atoms with Crippen molar-refractivity contribution in [2.75, 3.05) is 6.54 Å². The van der Waals surface area contributed by atoms with Crippen molar-refractivity contribution < 1.29 is 9.59 Å². The minimum atomic E-state index is -0.317. The second-order valence-electron chi connectivity index (χ2n) is 5.81. The number of rotatable bonds is 2. The van der Waals surface area contributed by atoms with Gasteiger partial charge in [-0.25, -0.2) is 0 Å². The summed E-state index contributed by atoms with van der Waals surface area (Å²) in [4.78, 5) is 25.3. The van der Waals surface area contributed by atoms with Gasteiger partial charge in [-0.3, -0.25) is 14.5 Å². The van der Waals surface area contributed by atoms with Gasteiger partial charge in [-0.15, -0.1) is 0 Å². The molecule has 112 valence electrons.